The largest absolute Gasteiger partial charge is 0.490 e. The van der Waals surface area contributed by atoms with E-state index in [9.17, 15) is 4.79 Å². The van der Waals surface area contributed by atoms with Crippen LogP contribution in [0.25, 0.3) is 0 Å². The van der Waals surface area contributed by atoms with E-state index in [1.165, 1.54) is 0 Å². The highest BCUT2D eigenvalue weighted by molar-refractivity contribution is 8.02. The van der Waals surface area contributed by atoms with Crippen LogP contribution in [-0.2, 0) is 21.3 Å². The van der Waals surface area contributed by atoms with Crippen molar-refractivity contribution in [3.05, 3.63) is 30.3 Å². The smallest absolute Gasteiger partial charge is 0.465 e. The molecule has 17 heavy (non-hydrogen) atoms. The molecule has 1 unspecified atom stereocenters. The van der Waals surface area contributed by atoms with Crippen molar-refractivity contribution < 1.29 is 14.1 Å². The molecule has 4 nitrogen and oxygen atoms in total. The molecule has 0 saturated heterocycles. The normalized spacial score (nSPS) is 12.7. The van der Waals surface area contributed by atoms with Crippen molar-refractivity contribution in [2.45, 2.75) is 19.9 Å². The maximum absolute atomic E-state index is 11.4. The van der Waals surface area contributed by atoms with Crippen LogP contribution in [0.3, 0.4) is 0 Å². The van der Waals surface area contributed by atoms with Gasteiger partial charge in [-0.05, 0) is 26.0 Å². The summed E-state index contributed by atoms with van der Waals surface area (Å²) in [5, 5.41) is 2.90. The molecule has 92 valence electrons. The molecule has 1 rings (SSSR count). The Bertz CT molecular complexity index is 386. The van der Waals surface area contributed by atoms with Crippen molar-refractivity contribution in [2.24, 2.45) is 0 Å². The summed E-state index contributed by atoms with van der Waals surface area (Å²) in [6.45, 7) is 3.83. The fraction of sp³-hybridized carbons (Fsp3) is 0.364. The topological polar surface area (TPSA) is 47.6 Å². The number of hydrogen-bond donors (Lipinski definition) is 1. The molecular weight excluding hydrogens is 257 g/mol. The van der Waals surface area contributed by atoms with Gasteiger partial charge in [0, 0.05) is 0 Å². The van der Waals surface area contributed by atoms with Crippen LogP contribution < -0.4 is 9.61 Å². The minimum absolute atomic E-state index is 0.318. The first-order valence-corrected chi connectivity index (χ1v) is 7.54. The number of rotatable bonds is 6. The van der Waals surface area contributed by atoms with E-state index >= 15 is 0 Å². The van der Waals surface area contributed by atoms with Crippen LogP contribution in [0.15, 0.2) is 30.3 Å². The molecule has 0 amide bonds. The zero-order chi connectivity index (χ0) is 12.7. The van der Waals surface area contributed by atoms with Crippen LogP contribution in [0.5, 0.6) is 5.75 Å². The lowest BCUT2D eigenvalue weighted by Crippen LogP contribution is -2.31. The average molecular weight is 272 g/mol. The van der Waals surface area contributed by atoms with Gasteiger partial charge in [0.1, 0.15) is 6.04 Å². The molecule has 6 heteroatoms. The van der Waals surface area contributed by atoms with Crippen molar-refractivity contribution in [3.63, 3.8) is 0 Å². The fourth-order valence-electron chi connectivity index (χ4n) is 1.08. The first kappa shape index (κ1) is 14.0. The van der Waals surface area contributed by atoms with Gasteiger partial charge in [0.25, 0.3) is 0 Å². The van der Waals surface area contributed by atoms with E-state index in [0.29, 0.717) is 12.4 Å². The number of esters is 1. The molecule has 0 aromatic heterocycles. The van der Waals surface area contributed by atoms with Crippen LogP contribution in [0.1, 0.15) is 13.8 Å². The van der Waals surface area contributed by atoms with Gasteiger partial charge in [-0.25, -0.2) is 0 Å². The summed E-state index contributed by atoms with van der Waals surface area (Å²) < 4.78 is 10.3. The first-order chi connectivity index (χ1) is 8.13. The Balaban J connectivity index is 2.42. The van der Waals surface area contributed by atoms with Gasteiger partial charge < -0.3 is 4.74 Å². The van der Waals surface area contributed by atoms with Crippen molar-refractivity contribution in [1.29, 1.82) is 0 Å². The molecule has 1 aromatic carbocycles. The van der Waals surface area contributed by atoms with Crippen molar-refractivity contribution >= 4 is 24.9 Å². The Hall–Kier alpha value is -1.03. The van der Waals surface area contributed by atoms with E-state index in [0.717, 1.165) is 0 Å². The van der Waals surface area contributed by atoms with E-state index in [2.05, 4.69) is 5.09 Å². The van der Waals surface area contributed by atoms with Crippen LogP contribution in [-0.4, -0.2) is 18.6 Å². The second kappa shape index (κ2) is 7.33. The fourth-order valence-corrected chi connectivity index (χ4v) is 2.60. The molecule has 0 bridgehead atoms. The summed E-state index contributed by atoms with van der Waals surface area (Å²) in [4.78, 5) is 11.4. The van der Waals surface area contributed by atoms with E-state index < -0.39 is 13.1 Å². The van der Waals surface area contributed by atoms with Gasteiger partial charge in [0.15, 0.2) is 5.75 Å². The SMILES string of the molecule is CCOC(=O)[C@H](C)N[P+](=S)Oc1ccccc1. The van der Waals surface area contributed by atoms with Crippen molar-refractivity contribution in [1.82, 2.24) is 5.09 Å². The number of nitrogens with one attached hydrogen (secondary N) is 1. The Labute approximate surface area is 107 Å². The van der Waals surface area contributed by atoms with Gasteiger partial charge in [-0.2, -0.15) is 0 Å². The van der Waals surface area contributed by atoms with Gasteiger partial charge in [-0.3, -0.25) is 9.32 Å². The molecule has 2 atom stereocenters. The molecule has 0 aliphatic heterocycles. The molecule has 0 heterocycles. The van der Waals surface area contributed by atoms with E-state index in [1.807, 2.05) is 30.3 Å². The molecule has 0 saturated carbocycles. The predicted octanol–water partition coefficient (Wildman–Crippen LogP) is 2.38. The maximum atomic E-state index is 11.4. The van der Waals surface area contributed by atoms with Crippen LogP contribution in [0, 0.1) is 0 Å². The quantitative estimate of drug-likeness (QED) is 0.636. The summed E-state index contributed by atoms with van der Waals surface area (Å²) in [6.07, 6.45) is 0. The number of hydrogen-bond acceptors (Lipinski definition) is 4. The first-order valence-electron chi connectivity index (χ1n) is 5.26. The highest BCUT2D eigenvalue weighted by Gasteiger charge is 2.24. The lowest BCUT2D eigenvalue weighted by molar-refractivity contribution is -0.144. The van der Waals surface area contributed by atoms with Crippen LogP contribution in [0.2, 0.25) is 0 Å². The predicted molar refractivity (Wildman–Crippen MR) is 70.6 cm³/mol. The second-order valence-corrected chi connectivity index (χ2v) is 5.21. The van der Waals surface area contributed by atoms with E-state index in [4.69, 9.17) is 21.1 Å². The molecule has 0 aliphatic rings. The van der Waals surface area contributed by atoms with E-state index in [1.54, 1.807) is 13.8 Å². The molecule has 1 N–H and O–H groups in total. The minimum atomic E-state index is -1.31. The second-order valence-electron chi connectivity index (χ2n) is 3.26. The molecule has 0 spiro atoms. The summed E-state index contributed by atoms with van der Waals surface area (Å²) >= 11 is 5.12. The number of para-hydroxylation sites is 1. The Morgan fingerprint density at radius 3 is 2.71 bits per heavy atom. The van der Waals surface area contributed by atoms with Crippen LogP contribution >= 0.6 is 7.07 Å². The average Bonchev–Trinajstić information content (AvgIpc) is 2.30. The molecular formula is C11H15NO3PS+. The standard InChI is InChI=1S/C11H15NO3PS/c1-3-14-11(13)9(2)12-16(17)15-10-7-5-4-6-8-10/h4-9H,3H2,1-2H3,(H,12,17)/q+1/t9-/m0/s1. The highest BCUT2D eigenvalue weighted by Crippen LogP contribution is 2.23. The Kier molecular flexibility index (Phi) is 6.05. The number of carbonyl (C=O) groups is 1. The number of ether oxygens (including phenoxy) is 1. The highest BCUT2D eigenvalue weighted by atomic mass is 32.4. The minimum Gasteiger partial charge on any atom is -0.465 e. The van der Waals surface area contributed by atoms with Gasteiger partial charge in [0.2, 0.25) is 11.8 Å². The van der Waals surface area contributed by atoms with Crippen LogP contribution in [0.4, 0.5) is 0 Å². The third kappa shape index (κ3) is 5.22. The summed E-state index contributed by atoms with van der Waals surface area (Å²) in [6, 6.07) is 8.80. The maximum Gasteiger partial charge on any atom is 0.490 e. The summed E-state index contributed by atoms with van der Waals surface area (Å²) in [7, 11) is -1.31. The summed E-state index contributed by atoms with van der Waals surface area (Å²) in [5.74, 6) is 0.374. The van der Waals surface area contributed by atoms with Gasteiger partial charge in [-0.1, -0.05) is 23.3 Å². The molecule has 0 radical (unpaired) electrons. The van der Waals surface area contributed by atoms with Crippen molar-refractivity contribution in [3.8, 4) is 5.75 Å². The molecule has 0 fully saturated rings. The van der Waals surface area contributed by atoms with E-state index in [-0.39, 0.29) is 5.97 Å². The van der Waals surface area contributed by atoms with Gasteiger partial charge in [0.05, 0.1) is 6.61 Å². The molecule has 1 aromatic rings. The summed E-state index contributed by atoms with van der Waals surface area (Å²) in [5.41, 5.74) is 0. The lowest BCUT2D eigenvalue weighted by atomic mass is 10.3. The zero-order valence-electron chi connectivity index (χ0n) is 9.75. The van der Waals surface area contributed by atoms with Gasteiger partial charge in [-0.15, -0.1) is 0 Å². The zero-order valence-corrected chi connectivity index (χ0v) is 11.5. The van der Waals surface area contributed by atoms with Gasteiger partial charge >= 0.3 is 13.0 Å². The number of benzene rings is 1. The Morgan fingerprint density at radius 1 is 1.47 bits per heavy atom. The Morgan fingerprint density at radius 2 is 2.12 bits per heavy atom. The van der Waals surface area contributed by atoms with Crippen molar-refractivity contribution in [2.75, 3.05) is 6.61 Å². The lowest BCUT2D eigenvalue weighted by Gasteiger charge is -2.06. The monoisotopic (exact) mass is 272 g/mol. The third-order valence-corrected chi connectivity index (χ3v) is 3.39. The number of carbonyl (C=O) groups excluding carboxylic acids is 1. The molecule has 0 aliphatic carbocycles. The third-order valence-electron chi connectivity index (χ3n) is 1.87.